The molecule has 0 saturated carbocycles. The van der Waals surface area contributed by atoms with Gasteiger partial charge in [-0.15, -0.1) is 6.42 Å². The number of non-ortho nitro benzene ring substituents is 1. The molecule has 0 saturated heterocycles. The van der Waals surface area contributed by atoms with Crippen molar-refractivity contribution in [2.75, 3.05) is 0 Å². The third-order valence-corrected chi connectivity index (χ3v) is 2.99. The van der Waals surface area contributed by atoms with Gasteiger partial charge in [-0.25, -0.2) is 4.79 Å². The van der Waals surface area contributed by atoms with Crippen molar-refractivity contribution in [2.45, 2.75) is 45.1 Å². The molecule has 0 N–H and O–H groups in total. The minimum atomic E-state index is -0.910. The molecular weight excluding hydrogens is 286 g/mol. The summed E-state index contributed by atoms with van der Waals surface area (Å²) in [5, 5.41) is 10.5. The van der Waals surface area contributed by atoms with Gasteiger partial charge in [0.05, 0.1) is 4.92 Å². The fraction of sp³-hybridized carbons (Fsp3) is 0.438. The van der Waals surface area contributed by atoms with Crippen molar-refractivity contribution < 1.29 is 19.2 Å². The Bertz CT molecular complexity index is 532. The zero-order valence-electron chi connectivity index (χ0n) is 12.5. The zero-order chi connectivity index (χ0) is 16.4. The number of nitro benzene ring substituents is 1. The van der Waals surface area contributed by atoms with Crippen LogP contribution in [0, 0.1) is 22.5 Å². The van der Waals surface area contributed by atoms with Crippen molar-refractivity contribution in [3.05, 3.63) is 34.4 Å². The standard InChI is InChI=1S/C16H19NO5/c1-3-5-6-7-8-14(4-2)21-16(18)22-15-11-9-13(10-12-15)17(19)20/h2,9-12,14H,3,5-8H2,1H3. The van der Waals surface area contributed by atoms with E-state index in [4.69, 9.17) is 15.9 Å². The molecule has 0 spiro atoms. The number of ether oxygens (including phenoxy) is 2. The van der Waals surface area contributed by atoms with Crippen LogP contribution in [0.25, 0.3) is 0 Å². The van der Waals surface area contributed by atoms with Crippen molar-refractivity contribution in [2.24, 2.45) is 0 Å². The SMILES string of the molecule is C#CC(CCCCCC)OC(=O)Oc1ccc([N+](=O)[O-])cc1. The number of carbonyl (C=O) groups excluding carboxylic acids is 1. The van der Waals surface area contributed by atoms with Crippen LogP contribution in [0.3, 0.4) is 0 Å². The lowest BCUT2D eigenvalue weighted by Crippen LogP contribution is -2.19. The van der Waals surface area contributed by atoms with Gasteiger partial charge in [0.2, 0.25) is 0 Å². The summed E-state index contributed by atoms with van der Waals surface area (Å²) >= 11 is 0. The third kappa shape index (κ3) is 6.27. The molecule has 118 valence electrons. The molecule has 1 aromatic rings. The summed E-state index contributed by atoms with van der Waals surface area (Å²) in [4.78, 5) is 21.6. The van der Waals surface area contributed by atoms with Crippen LogP contribution in [-0.2, 0) is 4.74 Å². The summed E-state index contributed by atoms with van der Waals surface area (Å²) < 4.78 is 9.96. The van der Waals surface area contributed by atoms with Crippen LogP contribution >= 0.6 is 0 Å². The van der Waals surface area contributed by atoms with Gasteiger partial charge >= 0.3 is 6.16 Å². The fourth-order valence-electron chi connectivity index (χ4n) is 1.81. The predicted octanol–water partition coefficient (Wildman–Crippen LogP) is 4.08. The van der Waals surface area contributed by atoms with Crippen molar-refractivity contribution in [1.29, 1.82) is 0 Å². The van der Waals surface area contributed by atoms with Crippen LogP contribution in [0.15, 0.2) is 24.3 Å². The largest absolute Gasteiger partial charge is 0.515 e. The van der Waals surface area contributed by atoms with Crippen molar-refractivity contribution in [1.82, 2.24) is 0 Å². The summed E-state index contributed by atoms with van der Waals surface area (Å²) in [6, 6.07) is 5.13. The second-order valence-corrected chi connectivity index (χ2v) is 4.73. The molecule has 0 bridgehead atoms. The summed E-state index contributed by atoms with van der Waals surface area (Å²) in [5.41, 5.74) is -0.0851. The van der Waals surface area contributed by atoms with E-state index in [-0.39, 0.29) is 11.4 Å². The monoisotopic (exact) mass is 305 g/mol. The third-order valence-electron chi connectivity index (χ3n) is 2.99. The quantitative estimate of drug-likeness (QED) is 0.180. The smallest absolute Gasteiger partial charge is 0.417 e. The maximum Gasteiger partial charge on any atom is 0.515 e. The molecular formula is C16H19NO5. The second-order valence-electron chi connectivity index (χ2n) is 4.73. The van der Waals surface area contributed by atoms with E-state index in [1.165, 1.54) is 24.3 Å². The van der Waals surface area contributed by atoms with Crippen LogP contribution in [0.4, 0.5) is 10.5 Å². The number of rotatable bonds is 8. The predicted molar refractivity (Wildman–Crippen MR) is 81.6 cm³/mol. The van der Waals surface area contributed by atoms with Gasteiger partial charge in [0.15, 0.2) is 6.10 Å². The molecule has 0 aromatic heterocycles. The van der Waals surface area contributed by atoms with E-state index in [1.807, 2.05) is 0 Å². The molecule has 6 nitrogen and oxygen atoms in total. The Kier molecular flexibility index (Phi) is 7.48. The normalized spacial score (nSPS) is 11.3. The number of hydrogen-bond donors (Lipinski definition) is 0. The van der Waals surface area contributed by atoms with E-state index >= 15 is 0 Å². The first kappa shape index (κ1) is 17.5. The summed E-state index contributed by atoms with van der Waals surface area (Å²) in [6.07, 6.45) is 8.53. The molecule has 0 aliphatic carbocycles. The molecule has 6 heteroatoms. The van der Waals surface area contributed by atoms with Crippen LogP contribution in [0.2, 0.25) is 0 Å². The van der Waals surface area contributed by atoms with Gasteiger partial charge in [-0.2, -0.15) is 0 Å². The Hall–Kier alpha value is -2.55. The van der Waals surface area contributed by atoms with Gasteiger partial charge in [-0.05, 0) is 25.0 Å². The second kappa shape index (κ2) is 9.40. The lowest BCUT2D eigenvalue weighted by Gasteiger charge is -2.12. The number of benzene rings is 1. The van der Waals surface area contributed by atoms with Crippen LogP contribution < -0.4 is 4.74 Å². The lowest BCUT2D eigenvalue weighted by atomic mass is 10.1. The van der Waals surface area contributed by atoms with Crippen LogP contribution in [0.1, 0.15) is 39.0 Å². The minimum Gasteiger partial charge on any atom is -0.417 e. The highest BCUT2D eigenvalue weighted by Gasteiger charge is 2.14. The Morgan fingerprint density at radius 2 is 2.00 bits per heavy atom. The zero-order valence-corrected chi connectivity index (χ0v) is 12.5. The van der Waals surface area contributed by atoms with Crippen LogP contribution in [-0.4, -0.2) is 17.2 Å². The van der Waals surface area contributed by atoms with Crippen LogP contribution in [0.5, 0.6) is 5.75 Å². The fourth-order valence-corrected chi connectivity index (χ4v) is 1.81. The maximum absolute atomic E-state index is 11.6. The van der Waals surface area contributed by atoms with Crippen molar-refractivity contribution in [3.63, 3.8) is 0 Å². The minimum absolute atomic E-state index is 0.0851. The van der Waals surface area contributed by atoms with Gasteiger partial charge in [-0.1, -0.05) is 32.1 Å². The Labute approximate surface area is 129 Å². The number of carbonyl (C=O) groups is 1. The van der Waals surface area contributed by atoms with E-state index in [1.54, 1.807) is 0 Å². The molecule has 0 amide bonds. The van der Waals surface area contributed by atoms with E-state index in [0.717, 1.165) is 25.7 Å². The molecule has 0 fully saturated rings. The summed E-state index contributed by atoms with van der Waals surface area (Å²) in [6.45, 7) is 2.11. The molecule has 1 atom stereocenters. The highest BCUT2D eigenvalue weighted by Crippen LogP contribution is 2.18. The summed E-state index contributed by atoms with van der Waals surface area (Å²) in [7, 11) is 0. The Balaban J connectivity index is 2.43. The number of hydrogen-bond acceptors (Lipinski definition) is 5. The lowest BCUT2D eigenvalue weighted by molar-refractivity contribution is -0.384. The van der Waals surface area contributed by atoms with Gasteiger partial charge < -0.3 is 9.47 Å². The van der Waals surface area contributed by atoms with Gasteiger partial charge in [-0.3, -0.25) is 10.1 Å². The number of unbranched alkanes of at least 4 members (excludes halogenated alkanes) is 3. The number of nitro groups is 1. The molecule has 0 aliphatic rings. The van der Waals surface area contributed by atoms with E-state index < -0.39 is 17.2 Å². The Morgan fingerprint density at radius 3 is 2.55 bits per heavy atom. The van der Waals surface area contributed by atoms with Gasteiger partial charge in [0, 0.05) is 12.1 Å². The van der Waals surface area contributed by atoms with Gasteiger partial charge in [0.1, 0.15) is 5.75 Å². The van der Waals surface area contributed by atoms with Crippen molar-refractivity contribution >= 4 is 11.8 Å². The number of nitrogens with zero attached hydrogens (tertiary/aromatic N) is 1. The Morgan fingerprint density at radius 1 is 1.32 bits per heavy atom. The first-order valence-corrected chi connectivity index (χ1v) is 7.16. The summed E-state index contributed by atoms with van der Waals surface area (Å²) in [5.74, 6) is 2.57. The highest BCUT2D eigenvalue weighted by atomic mass is 16.7. The highest BCUT2D eigenvalue weighted by molar-refractivity contribution is 5.64. The van der Waals surface area contributed by atoms with Crippen molar-refractivity contribution in [3.8, 4) is 18.1 Å². The molecule has 0 radical (unpaired) electrons. The molecule has 0 heterocycles. The molecule has 1 unspecified atom stereocenters. The molecule has 1 rings (SSSR count). The number of terminal acetylenes is 1. The van der Waals surface area contributed by atoms with Gasteiger partial charge in [0.25, 0.3) is 5.69 Å². The average Bonchev–Trinajstić information content (AvgIpc) is 2.50. The first-order chi connectivity index (χ1) is 10.6. The van der Waals surface area contributed by atoms with E-state index in [0.29, 0.717) is 6.42 Å². The van der Waals surface area contributed by atoms with E-state index in [2.05, 4.69) is 12.8 Å². The topological polar surface area (TPSA) is 78.7 Å². The van der Waals surface area contributed by atoms with E-state index in [9.17, 15) is 14.9 Å². The molecule has 22 heavy (non-hydrogen) atoms. The first-order valence-electron chi connectivity index (χ1n) is 7.16. The molecule has 0 aliphatic heterocycles. The molecule has 1 aromatic carbocycles. The average molecular weight is 305 g/mol. The maximum atomic E-state index is 11.6.